The number of nitrogens with zero attached hydrogens (tertiary/aromatic N) is 1. The van der Waals surface area contributed by atoms with E-state index in [0.29, 0.717) is 13.0 Å². The Kier molecular flexibility index (Phi) is 5.71. The minimum absolute atomic E-state index is 0.152. The lowest BCUT2D eigenvalue weighted by Crippen LogP contribution is -2.29. The first-order chi connectivity index (χ1) is 8.21. The molecule has 1 heterocycles. The molecule has 1 atom stereocenters. The van der Waals surface area contributed by atoms with E-state index >= 15 is 0 Å². The Morgan fingerprint density at radius 3 is 2.71 bits per heavy atom. The lowest BCUT2D eigenvalue weighted by Gasteiger charge is -2.07. The van der Waals surface area contributed by atoms with E-state index in [2.05, 4.69) is 18.3 Å². The molecule has 1 N–H and O–H groups in total. The van der Waals surface area contributed by atoms with Crippen molar-refractivity contribution in [2.24, 2.45) is 5.92 Å². The Morgan fingerprint density at radius 2 is 2.18 bits per heavy atom. The lowest BCUT2D eigenvalue weighted by molar-refractivity contribution is -0.123. The van der Waals surface area contributed by atoms with Crippen LogP contribution in [0.5, 0.6) is 0 Å². The molecule has 1 aromatic rings. The Hall–Kier alpha value is -1.34. The average Bonchev–Trinajstić information content (AvgIpc) is 2.81. The molecule has 0 radical (unpaired) electrons. The van der Waals surface area contributed by atoms with Crippen LogP contribution in [0.15, 0.2) is 12.1 Å². The van der Waals surface area contributed by atoms with E-state index in [1.807, 2.05) is 19.1 Å². The van der Waals surface area contributed by atoms with Crippen molar-refractivity contribution in [3.05, 3.63) is 21.9 Å². The number of hydrogen-bond acceptors (Lipinski definition) is 3. The van der Waals surface area contributed by atoms with E-state index in [-0.39, 0.29) is 5.91 Å². The van der Waals surface area contributed by atoms with Gasteiger partial charge in [-0.1, -0.05) is 20.3 Å². The number of aryl methyl sites for hydroxylation is 1. The van der Waals surface area contributed by atoms with Gasteiger partial charge < -0.3 is 5.32 Å². The number of hydrogen-bond donors (Lipinski definition) is 1. The van der Waals surface area contributed by atoms with Crippen LogP contribution < -0.4 is 5.32 Å². The van der Waals surface area contributed by atoms with Crippen molar-refractivity contribution >= 4 is 17.2 Å². The second kappa shape index (κ2) is 7.08. The van der Waals surface area contributed by atoms with Crippen molar-refractivity contribution in [1.82, 2.24) is 5.32 Å². The zero-order valence-corrected chi connectivity index (χ0v) is 11.1. The Bertz CT molecular complexity index is 406. The van der Waals surface area contributed by atoms with Gasteiger partial charge in [-0.15, -0.1) is 11.3 Å². The molecule has 0 bridgehead atoms. The van der Waals surface area contributed by atoms with Crippen LogP contribution in [0.4, 0.5) is 0 Å². The summed E-state index contributed by atoms with van der Waals surface area (Å²) in [6.07, 6.45) is 2.51. The number of rotatable bonds is 6. The number of thiophene rings is 1. The maximum Gasteiger partial charge on any atom is 0.237 e. The van der Waals surface area contributed by atoms with Crippen LogP contribution in [-0.4, -0.2) is 5.91 Å². The third-order valence-electron chi connectivity index (χ3n) is 2.55. The van der Waals surface area contributed by atoms with Crippen LogP contribution in [0, 0.1) is 17.2 Å². The molecule has 1 rings (SSSR count). The molecule has 1 amide bonds. The van der Waals surface area contributed by atoms with E-state index in [4.69, 9.17) is 5.26 Å². The SMILES string of the molecule is CCCC(C#N)C(=O)NCc1ccc(CC)s1. The van der Waals surface area contributed by atoms with Gasteiger partial charge in [0, 0.05) is 9.75 Å². The minimum Gasteiger partial charge on any atom is -0.350 e. The molecule has 0 aliphatic carbocycles. The van der Waals surface area contributed by atoms with E-state index < -0.39 is 5.92 Å². The molecule has 0 saturated carbocycles. The standard InChI is InChI=1S/C13H18N2OS/c1-3-5-10(8-14)13(16)15-9-12-7-6-11(4-2)17-12/h6-7,10H,3-5,9H2,1-2H3,(H,15,16). The van der Waals surface area contributed by atoms with Crippen LogP contribution in [0.25, 0.3) is 0 Å². The maximum absolute atomic E-state index is 11.7. The van der Waals surface area contributed by atoms with Gasteiger partial charge >= 0.3 is 0 Å². The van der Waals surface area contributed by atoms with Gasteiger partial charge in [0.15, 0.2) is 0 Å². The van der Waals surface area contributed by atoms with Crippen molar-refractivity contribution in [2.75, 3.05) is 0 Å². The molecule has 4 heteroatoms. The van der Waals surface area contributed by atoms with Gasteiger partial charge in [-0.2, -0.15) is 5.26 Å². The van der Waals surface area contributed by atoms with Crippen molar-refractivity contribution in [3.8, 4) is 6.07 Å². The summed E-state index contributed by atoms with van der Waals surface area (Å²) >= 11 is 1.71. The number of nitrogens with one attached hydrogen (secondary N) is 1. The molecule has 0 spiro atoms. The molecule has 1 aromatic heterocycles. The third-order valence-corrected chi connectivity index (χ3v) is 3.78. The van der Waals surface area contributed by atoms with Crippen LogP contribution in [0.3, 0.4) is 0 Å². The van der Waals surface area contributed by atoms with Crippen LogP contribution in [0.1, 0.15) is 36.4 Å². The fourth-order valence-corrected chi connectivity index (χ4v) is 2.45. The van der Waals surface area contributed by atoms with E-state index in [0.717, 1.165) is 17.7 Å². The fourth-order valence-electron chi connectivity index (χ4n) is 1.55. The highest BCUT2D eigenvalue weighted by Gasteiger charge is 2.16. The molecule has 3 nitrogen and oxygen atoms in total. The molecular weight excluding hydrogens is 232 g/mol. The third kappa shape index (κ3) is 4.20. The molecule has 0 aromatic carbocycles. The summed E-state index contributed by atoms with van der Waals surface area (Å²) in [6, 6.07) is 6.16. The Morgan fingerprint density at radius 1 is 1.47 bits per heavy atom. The summed E-state index contributed by atoms with van der Waals surface area (Å²) in [6.45, 7) is 4.62. The quantitative estimate of drug-likeness (QED) is 0.844. The fraction of sp³-hybridized carbons (Fsp3) is 0.538. The number of amides is 1. The highest BCUT2D eigenvalue weighted by Crippen LogP contribution is 2.16. The normalized spacial score (nSPS) is 11.8. The maximum atomic E-state index is 11.7. The van der Waals surface area contributed by atoms with Gasteiger partial charge in [0.05, 0.1) is 12.6 Å². The first kappa shape index (κ1) is 13.7. The van der Waals surface area contributed by atoms with Gasteiger partial charge in [0.1, 0.15) is 5.92 Å². The summed E-state index contributed by atoms with van der Waals surface area (Å²) < 4.78 is 0. The van der Waals surface area contributed by atoms with Gasteiger partial charge in [0.2, 0.25) is 5.91 Å². The second-order valence-electron chi connectivity index (χ2n) is 3.91. The number of carbonyl (C=O) groups is 1. The topological polar surface area (TPSA) is 52.9 Å². The minimum atomic E-state index is -0.509. The predicted octanol–water partition coefficient (Wildman–Crippen LogP) is 2.87. The summed E-state index contributed by atoms with van der Waals surface area (Å²) in [5, 5.41) is 11.7. The smallest absolute Gasteiger partial charge is 0.237 e. The van der Waals surface area contributed by atoms with Crippen molar-refractivity contribution in [3.63, 3.8) is 0 Å². The van der Waals surface area contributed by atoms with Gasteiger partial charge in [-0.3, -0.25) is 4.79 Å². The molecular formula is C13H18N2OS. The summed E-state index contributed by atoms with van der Waals surface area (Å²) in [7, 11) is 0. The second-order valence-corrected chi connectivity index (χ2v) is 5.16. The van der Waals surface area contributed by atoms with Crippen LogP contribution in [-0.2, 0) is 17.8 Å². The molecule has 0 fully saturated rings. The first-order valence-corrected chi connectivity index (χ1v) is 6.77. The lowest BCUT2D eigenvalue weighted by atomic mass is 10.1. The summed E-state index contributed by atoms with van der Waals surface area (Å²) in [4.78, 5) is 14.1. The Balaban J connectivity index is 2.44. The molecule has 0 saturated heterocycles. The van der Waals surface area contributed by atoms with E-state index in [9.17, 15) is 4.79 Å². The zero-order chi connectivity index (χ0) is 12.7. The zero-order valence-electron chi connectivity index (χ0n) is 10.3. The molecule has 0 aliphatic heterocycles. The van der Waals surface area contributed by atoms with Gasteiger partial charge in [-0.05, 0) is 25.0 Å². The first-order valence-electron chi connectivity index (χ1n) is 5.96. The van der Waals surface area contributed by atoms with Gasteiger partial charge in [-0.25, -0.2) is 0 Å². The molecule has 17 heavy (non-hydrogen) atoms. The predicted molar refractivity (Wildman–Crippen MR) is 69.6 cm³/mol. The van der Waals surface area contributed by atoms with Crippen LogP contribution >= 0.6 is 11.3 Å². The largest absolute Gasteiger partial charge is 0.350 e. The molecule has 1 unspecified atom stereocenters. The average molecular weight is 250 g/mol. The highest BCUT2D eigenvalue weighted by atomic mass is 32.1. The highest BCUT2D eigenvalue weighted by molar-refractivity contribution is 7.11. The molecule has 0 aliphatic rings. The molecule has 92 valence electrons. The summed E-state index contributed by atoms with van der Waals surface area (Å²) in [5.74, 6) is -0.661. The summed E-state index contributed by atoms with van der Waals surface area (Å²) in [5.41, 5.74) is 0. The Labute approximate surface area is 106 Å². The van der Waals surface area contributed by atoms with E-state index in [1.165, 1.54) is 4.88 Å². The van der Waals surface area contributed by atoms with Crippen LogP contribution in [0.2, 0.25) is 0 Å². The monoisotopic (exact) mass is 250 g/mol. The number of nitriles is 1. The van der Waals surface area contributed by atoms with E-state index in [1.54, 1.807) is 11.3 Å². The number of carbonyl (C=O) groups excluding carboxylic acids is 1. The van der Waals surface area contributed by atoms with Crippen molar-refractivity contribution in [2.45, 2.75) is 39.7 Å². The van der Waals surface area contributed by atoms with Crippen molar-refractivity contribution in [1.29, 1.82) is 5.26 Å². The van der Waals surface area contributed by atoms with Crippen molar-refractivity contribution < 1.29 is 4.79 Å². The van der Waals surface area contributed by atoms with Gasteiger partial charge in [0.25, 0.3) is 0 Å².